The normalized spacial score (nSPS) is 21.3. The summed E-state index contributed by atoms with van der Waals surface area (Å²) < 4.78 is 32.9. The standard InChI is InChI=1S/C7H15NO3S.Na/c9-12(10,11)8-6-4-2-1-3-5-7-8;/h1-7H2,(H,9,10,11);/q;+1/p-1. The Bertz CT molecular complexity index is 222. The van der Waals surface area contributed by atoms with Crippen LogP contribution < -0.4 is 29.6 Å². The van der Waals surface area contributed by atoms with Gasteiger partial charge in [-0.05, 0) is 12.8 Å². The summed E-state index contributed by atoms with van der Waals surface area (Å²) in [6.45, 7) is 0.817. The maximum atomic E-state index is 10.6. The van der Waals surface area contributed by atoms with Crippen molar-refractivity contribution < 1.29 is 42.5 Å². The predicted molar refractivity (Wildman–Crippen MR) is 44.4 cm³/mol. The van der Waals surface area contributed by atoms with E-state index in [1.54, 1.807) is 0 Å². The van der Waals surface area contributed by atoms with Crippen molar-refractivity contribution in [2.75, 3.05) is 13.1 Å². The SMILES string of the molecule is O=S(=O)([O-])N1CCCCCCC1.[Na+]. The van der Waals surface area contributed by atoms with Crippen LogP contribution >= 0.6 is 0 Å². The minimum atomic E-state index is -4.18. The molecule has 72 valence electrons. The van der Waals surface area contributed by atoms with Crippen molar-refractivity contribution in [1.82, 2.24) is 4.31 Å². The topological polar surface area (TPSA) is 60.4 Å². The summed E-state index contributed by atoms with van der Waals surface area (Å²) in [5, 5.41) is 0. The van der Waals surface area contributed by atoms with Gasteiger partial charge in [0.1, 0.15) is 0 Å². The average Bonchev–Trinajstić information content (AvgIpc) is 1.81. The van der Waals surface area contributed by atoms with Crippen molar-refractivity contribution in [3.8, 4) is 0 Å². The van der Waals surface area contributed by atoms with Crippen LogP contribution in [0.3, 0.4) is 0 Å². The molecule has 6 heteroatoms. The molecule has 0 amide bonds. The van der Waals surface area contributed by atoms with Gasteiger partial charge in [0.25, 0.3) is 0 Å². The summed E-state index contributed by atoms with van der Waals surface area (Å²) in [5.41, 5.74) is 0. The van der Waals surface area contributed by atoms with Gasteiger partial charge in [0, 0.05) is 13.1 Å². The molecule has 1 aliphatic rings. The third-order valence-corrected chi connectivity index (χ3v) is 3.13. The fourth-order valence-electron chi connectivity index (χ4n) is 1.44. The minimum absolute atomic E-state index is 0. The summed E-state index contributed by atoms with van der Waals surface area (Å²) in [6, 6.07) is 0. The van der Waals surface area contributed by atoms with Crippen molar-refractivity contribution in [3.63, 3.8) is 0 Å². The summed E-state index contributed by atoms with van der Waals surface area (Å²) in [7, 11) is -4.18. The molecule has 0 spiro atoms. The van der Waals surface area contributed by atoms with Crippen molar-refractivity contribution >= 4 is 10.3 Å². The van der Waals surface area contributed by atoms with Gasteiger partial charge in [-0.1, -0.05) is 19.3 Å². The van der Waals surface area contributed by atoms with Gasteiger partial charge in [-0.15, -0.1) is 0 Å². The summed E-state index contributed by atoms with van der Waals surface area (Å²) in [5.74, 6) is 0. The van der Waals surface area contributed by atoms with Crippen molar-refractivity contribution in [2.45, 2.75) is 32.1 Å². The molecule has 0 aliphatic carbocycles. The maximum absolute atomic E-state index is 10.6. The number of hydrogen-bond donors (Lipinski definition) is 0. The van der Waals surface area contributed by atoms with Crippen LogP contribution in [-0.4, -0.2) is 30.4 Å². The average molecular weight is 215 g/mol. The molecule has 0 aromatic rings. The van der Waals surface area contributed by atoms with E-state index >= 15 is 0 Å². The Balaban J connectivity index is 0.00000144. The van der Waals surface area contributed by atoms with Crippen LogP contribution in [0.25, 0.3) is 0 Å². The largest absolute Gasteiger partial charge is 1.00 e. The van der Waals surface area contributed by atoms with E-state index in [-0.39, 0.29) is 29.6 Å². The molecule has 0 N–H and O–H groups in total. The maximum Gasteiger partial charge on any atom is 1.00 e. The van der Waals surface area contributed by atoms with Crippen LogP contribution in [0.4, 0.5) is 0 Å². The zero-order chi connectivity index (χ0) is 9.03. The second kappa shape index (κ2) is 6.37. The van der Waals surface area contributed by atoms with Crippen LogP contribution in [0.1, 0.15) is 32.1 Å². The van der Waals surface area contributed by atoms with Crippen molar-refractivity contribution in [2.24, 2.45) is 0 Å². The van der Waals surface area contributed by atoms with Gasteiger partial charge in [-0.2, -0.15) is 0 Å². The van der Waals surface area contributed by atoms with E-state index in [0.29, 0.717) is 13.1 Å². The van der Waals surface area contributed by atoms with E-state index in [1.165, 1.54) is 0 Å². The van der Waals surface area contributed by atoms with Gasteiger partial charge in [-0.25, -0.2) is 12.7 Å². The quantitative estimate of drug-likeness (QED) is 0.365. The third kappa shape index (κ3) is 5.34. The van der Waals surface area contributed by atoms with E-state index in [1.807, 2.05) is 0 Å². The van der Waals surface area contributed by atoms with Gasteiger partial charge in [-0.3, -0.25) is 0 Å². The molecule has 0 unspecified atom stereocenters. The molecule has 1 aliphatic heterocycles. The van der Waals surface area contributed by atoms with Gasteiger partial charge in [0.2, 0.25) is 0 Å². The first-order chi connectivity index (χ1) is 5.61. The van der Waals surface area contributed by atoms with Crippen LogP contribution in [0.15, 0.2) is 0 Å². The molecule has 13 heavy (non-hydrogen) atoms. The number of hydrogen-bond acceptors (Lipinski definition) is 3. The van der Waals surface area contributed by atoms with E-state index in [0.717, 1.165) is 36.4 Å². The molecule has 1 saturated heterocycles. The molecule has 1 rings (SSSR count). The second-order valence-electron chi connectivity index (χ2n) is 3.12. The second-order valence-corrected chi connectivity index (χ2v) is 4.50. The zero-order valence-corrected chi connectivity index (χ0v) is 10.8. The Morgan fingerprint density at radius 3 is 1.69 bits per heavy atom. The summed E-state index contributed by atoms with van der Waals surface area (Å²) in [6.07, 6.45) is 4.87. The Kier molecular flexibility index (Phi) is 6.80. The molecule has 0 radical (unpaired) electrons. The van der Waals surface area contributed by atoms with Crippen LogP contribution in [0.2, 0.25) is 0 Å². The monoisotopic (exact) mass is 215 g/mol. The molecule has 0 atom stereocenters. The molecule has 0 aromatic carbocycles. The van der Waals surface area contributed by atoms with Crippen LogP contribution in [-0.2, 0) is 10.3 Å². The van der Waals surface area contributed by atoms with E-state index in [4.69, 9.17) is 0 Å². The minimum Gasteiger partial charge on any atom is -0.735 e. The molecule has 4 nitrogen and oxygen atoms in total. The fraction of sp³-hybridized carbons (Fsp3) is 1.00. The first-order valence-corrected chi connectivity index (χ1v) is 5.68. The van der Waals surface area contributed by atoms with Crippen LogP contribution in [0, 0.1) is 0 Å². The Hall–Kier alpha value is 0.870. The number of nitrogens with zero attached hydrogens (tertiary/aromatic N) is 1. The number of rotatable bonds is 1. The van der Waals surface area contributed by atoms with Gasteiger partial charge in [0.15, 0.2) is 10.3 Å². The fourth-order valence-corrected chi connectivity index (χ4v) is 2.15. The molecule has 1 fully saturated rings. The third-order valence-electron chi connectivity index (χ3n) is 2.13. The van der Waals surface area contributed by atoms with Gasteiger partial charge >= 0.3 is 29.6 Å². The Labute approximate surface area is 102 Å². The first-order valence-electron chi connectivity index (χ1n) is 4.32. The molecular weight excluding hydrogens is 201 g/mol. The smallest absolute Gasteiger partial charge is 0.735 e. The summed E-state index contributed by atoms with van der Waals surface area (Å²) in [4.78, 5) is 0. The Morgan fingerprint density at radius 1 is 0.923 bits per heavy atom. The Morgan fingerprint density at radius 2 is 1.31 bits per heavy atom. The molecule has 1 heterocycles. The van der Waals surface area contributed by atoms with Gasteiger partial charge < -0.3 is 4.55 Å². The summed E-state index contributed by atoms with van der Waals surface area (Å²) >= 11 is 0. The molecular formula is C7H14NNaO3S. The van der Waals surface area contributed by atoms with Gasteiger partial charge in [0.05, 0.1) is 0 Å². The van der Waals surface area contributed by atoms with Crippen molar-refractivity contribution in [1.29, 1.82) is 0 Å². The van der Waals surface area contributed by atoms with Crippen molar-refractivity contribution in [3.05, 3.63) is 0 Å². The first kappa shape index (κ1) is 13.9. The molecule has 0 saturated carbocycles. The molecule has 0 bridgehead atoms. The predicted octanol–water partition coefficient (Wildman–Crippen LogP) is -2.28. The zero-order valence-electron chi connectivity index (χ0n) is 8.03. The van der Waals surface area contributed by atoms with E-state index < -0.39 is 10.3 Å². The van der Waals surface area contributed by atoms with Crippen LogP contribution in [0.5, 0.6) is 0 Å². The van der Waals surface area contributed by atoms with E-state index in [9.17, 15) is 13.0 Å². The molecule has 0 aromatic heterocycles. The van der Waals surface area contributed by atoms with E-state index in [2.05, 4.69) is 0 Å².